The average Bonchev–Trinajstić information content (AvgIpc) is 2.68. The van der Waals surface area contributed by atoms with Gasteiger partial charge in [-0.1, -0.05) is 13.3 Å². The van der Waals surface area contributed by atoms with Crippen molar-refractivity contribution in [3.63, 3.8) is 0 Å². The van der Waals surface area contributed by atoms with Gasteiger partial charge in [0.1, 0.15) is 6.04 Å². The maximum Gasteiger partial charge on any atom is 0.248 e. The molecule has 20 heavy (non-hydrogen) atoms. The minimum Gasteiger partial charge on any atom is -0.278 e. The molecule has 114 valence electrons. The molecule has 2 heterocycles. The molecule has 4 atom stereocenters. The molecule has 0 radical (unpaired) electrons. The van der Waals surface area contributed by atoms with Gasteiger partial charge in [-0.15, -0.1) is 0 Å². The summed E-state index contributed by atoms with van der Waals surface area (Å²) >= 11 is 0. The molecule has 0 spiro atoms. The van der Waals surface area contributed by atoms with Gasteiger partial charge in [0.05, 0.1) is 6.42 Å². The van der Waals surface area contributed by atoms with Crippen LogP contribution in [0.3, 0.4) is 0 Å². The van der Waals surface area contributed by atoms with Crippen LogP contribution in [0.2, 0.25) is 0 Å². The lowest BCUT2D eigenvalue weighted by atomic mass is 9.99. The molecule has 5 heteroatoms. The SMILES string of the molecule is CCC(C)N1C(=O)CC(NN2C(C)CCCC2C)C1=O. The Morgan fingerprint density at radius 2 is 1.85 bits per heavy atom. The maximum absolute atomic E-state index is 12.4. The predicted octanol–water partition coefficient (Wildman–Crippen LogP) is 1.68. The second kappa shape index (κ2) is 6.22. The van der Waals surface area contributed by atoms with Gasteiger partial charge in [0, 0.05) is 18.1 Å². The fourth-order valence-electron chi connectivity index (χ4n) is 3.25. The molecule has 2 saturated heterocycles. The number of imide groups is 1. The zero-order chi connectivity index (χ0) is 14.9. The average molecular weight is 281 g/mol. The summed E-state index contributed by atoms with van der Waals surface area (Å²) in [6.07, 6.45) is 4.61. The van der Waals surface area contributed by atoms with E-state index >= 15 is 0 Å². The van der Waals surface area contributed by atoms with Crippen molar-refractivity contribution in [2.24, 2.45) is 0 Å². The highest BCUT2D eigenvalue weighted by atomic mass is 16.2. The monoisotopic (exact) mass is 281 g/mol. The molecule has 2 fully saturated rings. The number of amides is 2. The maximum atomic E-state index is 12.4. The molecule has 1 N–H and O–H groups in total. The van der Waals surface area contributed by atoms with Gasteiger partial charge >= 0.3 is 0 Å². The van der Waals surface area contributed by atoms with Crippen molar-refractivity contribution < 1.29 is 9.59 Å². The van der Waals surface area contributed by atoms with Crippen LogP contribution in [-0.4, -0.2) is 45.9 Å². The first kappa shape index (κ1) is 15.4. The molecule has 4 unspecified atom stereocenters. The highest BCUT2D eigenvalue weighted by molar-refractivity contribution is 6.05. The number of hydrazine groups is 1. The number of piperidine rings is 1. The molecule has 2 amide bonds. The Bertz CT molecular complexity index is 375. The number of rotatable bonds is 4. The summed E-state index contributed by atoms with van der Waals surface area (Å²) in [6.45, 7) is 8.29. The van der Waals surface area contributed by atoms with E-state index in [4.69, 9.17) is 0 Å². The third kappa shape index (κ3) is 2.88. The number of nitrogens with zero attached hydrogens (tertiary/aromatic N) is 2. The first-order chi connectivity index (χ1) is 9.45. The third-order valence-electron chi connectivity index (χ3n) is 4.71. The van der Waals surface area contributed by atoms with Gasteiger partial charge in [0.25, 0.3) is 0 Å². The van der Waals surface area contributed by atoms with E-state index in [9.17, 15) is 9.59 Å². The molecule has 2 rings (SSSR count). The Hall–Kier alpha value is -0.940. The quantitative estimate of drug-likeness (QED) is 0.797. The normalized spacial score (nSPS) is 33.8. The van der Waals surface area contributed by atoms with E-state index in [1.807, 2.05) is 13.8 Å². The van der Waals surface area contributed by atoms with Gasteiger partial charge in [-0.25, -0.2) is 10.4 Å². The summed E-state index contributed by atoms with van der Waals surface area (Å²) in [7, 11) is 0. The van der Waals surface area contributed by atoms with Crippen LogP contribution in [0.4, 0.5) is 0 Å². The van der Waals surface area contributed by atoms with Crippen LogP contribution >= 0.6 is 0 Å². The van der Waals surface area contributed by atoms with Gasteiger partial charge in [-0.2, -0.15) is 0 Å². The summed E-state index contributed by atoms with van der Waals surface area (Å²) in [5.74, 6) is -0.103. The minimum absolute atomic E-state index is 0.00185. The Balaban J connectivity index is 2.03. The van der Waals surface area contributed by atoms with E-state index in [2.05, 4.69) is 24.3 Å². The van der Waals surface area contributed by atoms with E-state index in [0.29, 0.717) is 18.5 Å². The van der Waals surface area contributed by atoms with E-state index < -0.39 is 0 Å². The van der Waals surface area contributed by atoms with Crippen LogP contribution in [0, 0.1) is 0 Å². The Kier molecular flexibility index (Phi) is 4.81. The van der Waals surface area contributed by atoms with Crippen molar-refractivity contribution >= 4 is 11.8 Å². The smallest absolute Gasteiger partial charge is 0.248 e. The van der Waals surface area contributed by atoms with Crippen molar-refractivity contribution in [1.82, 2.24) is 15.3 Å². The number of nitrogens with one attached hydrogen (secondary N) is 1. The Morgan fingerprint density at radius 3 is 2.40 bits per heavy atom. The van der Waals surface area contributed by atoms with E-state index in [0.717, 1.165) is 19.3 Å². The first-order valence-electron chi connectivity index (χ1n) is 7.86. The molecule has 0 aromatic carbocycles. The lowest BCUT2D eigenvalue weighted by Crippen LogP contribution is -2.57. The molecule has 0 aromatic heterocycles. The molecule has 0 aliphatic carbocycles. The van der Waals surface area contributed by atoms with Gasteiger partial charge in [0.2, 0.25) is 11.8 Å². The minimum atomic E-state index is -0.375. The second-order valence-electron chi connectivity index (χ2n) is 6.28. The van der Waals surface area contributed by atoms with Gasteiger partial charge < -0.3 is 0 Å². The number of hydrogen-bond donors (Lipinski definition) is 1. The lowest BCUT2D eigenvalue weighted by molar-refractivity contribution is -0.141. The third-order valence-corrected chi connectivity index (χ3v) is 4.71. The van der Waals surface area contributed by atoms with E-state index in [1.165, 1.54) is 11.3 Å². The lowest BCUT2D eigenvalue weighted by Gasteiger charge is -2.40. The van der Waals surface area contributed by atoms with Crippen molar-refractivity contribution in [2.75, 3.05) is 0 Å². The Labute approximate surface area is 121 Å². The number of carbonyl (C=O) groups is 2. The Morgan fingerprint density at radius 1 is 1.25 bits per heavy atom. The highest BCUT2D eigenvalue weighted by Crippen LogP contribution is 2.23. The molecular weight excluding hydrogens is 254 g/mol. The summed E-state index contributed by atoms with van der Waals surface area (Å²) in [4.78, 5) is 25.9. The zero-order valence-electron chi connectivity index (χ0n) is 13.1. The van der Waals surface area contributed by atoms with Crippen LogP contribution in [0.15, 0.2) is 0 Å². The van der Waals surface area contributed by atoms with Crippen molar-refractivity contribution in [3.05, 3.63) is 0 Å². The molecule has 2 aliphatic rings. The van der Waals surface area contributed by atoms with Gasteiger partial charge in [-0.05, 0) is 40.0 Å². The molecule has 2 aliphatic heterocycles. The van der Waals surface area contributed by atoms with Crippen LogP contribution in [0.1, 0.15) is 59.8 Å². The standard InChI is InChI=1S/C15H27N3O2/c1-5-10(2)17-14(19)9-13(15(17)20)16-18-11(3)7-6-8-12(18)4/h10-13,16H,5-9H2,1-4H3. The predicted molar refractivity (Wildman–Crippen MR) is 77.8 cm³/mol. The highest BCUT2D eigenvalue weighted by Gasteiger charge is 2.42. The summed E-state index contributed by atoms with van der Waals surface area (Å²) in [6, 6.07) is 0.455. The number of hydrogen-bond acceptors (Lipinski definition) is 4. The van der Waals surface area contributed by atoms with Gasteiger partial charge in [-0.3, -0.25) is 14.5 Å². The molecule has 0 aromatic rings. The number of carbonyl (C=O) groups excluding carboxylic acids is 2. The fourth-order valence-corrected chi connectivity index (χ4v) is 3.25. The van der Waals surface area contributed by atoms with Crippen LogP contribution in [0.25, 0.3) is 0 Å². The van der Waals surface area contributed by atoms with E-state index in [1.54, 1.807) is 0 Å². The van der Waals surface area contributed by atoms with Crippen molar-refractivity contribution in [2.45, 2.75) is 84.0 Å². The van der Waals surface area contributed by atoms with Crippen molar-refractivity contribution in [1.29, 1.82) is 0 Å². The zero-order valence-corrected chi connectivity index (χ0v) is 13.1. The largest absolute Gasteiger partial charge is 0.278 e. The first-order valence-corrected chi connectivity index (χ1v) is 7.86. The second-order valence-corrected chi connectivity index (χ2v) is 6.28. The molecule has 0 bridgehead atoms. The van der Waals surface area contributed by atoms with Crippen LogP contribution in [-0.2, 0) is 9.59 Å². The van der Waals surface area contributed by atoms with Crippen LogP contribution in [0.5, 0.6) is 0 Å². The summed E-state index contributed by atoms with van der Waals surface area (Å²) in [5, 5.41) is 2.18. The van der Waals surface area contributed by atoms with Gasteiger partial charge in [0.15, 0.2) is 0 Å². The van der Waals surface area contributed by atoms with Crippen LogP contribution < -0.4 is 5.43 Å². The van der Waals surface area contributed by atoms with E-state index in [-0.39, 0.29) is 23.9 Å². The molecular formula is C15H27N3O2. The topological polar surface area (TPSA) is 52.7 Å². The summed E-state index contributed by atoms with van der Waals surface area (Å²) in [5.41, 5.74) is 3.33. The molecule has 0 saturated carbocycles. The fraction of sp³-hybridized carbons (Fsp3) is 0.867. The number of likely N-dealkylation sites (tertiary alicyclic amines) is 1. The molecule has 5 nitrogen and oxygen atoms in total. The summed E-state index contributed by atoms with van der Waals surface area (Å²) < 4.78 is 0. The van der Waals surface area contributed by atoms with Crippen molar-refractivity contribution in [3.8, 4) is 0 Å².